The van der Waals surface area contributed by atoms with E-state index in [-0.39, 0.29) is 16.8 Å². The summed E-state index contributed by atoms with van der Waals surface area (Å²) >= 11 is 5.59. The Balaban J connectivity index is 2.21. The van der Waals surface area contributed by atoms with Gasteiger partial charge in [-0.15, -0.1) is 0 Å². The minimum Gasteiger partial charge on any atom is -0.463 e. The minimum absolute atomic E-state index is 0.147. The van der Waals surface area contributed by atoms with Crippen LogP contribution in [0.25, 0.3) is 0 Å². The molecule has 2 heterocycles. The number of ether oxygens (including phenoxy) is 5. The van der Waals surface area contributed by atoms with Gasteiger partial charge in [0.05, 0.1) is 5.56 Å². The molecule has 0 amide bonds. The number of aryl methyl sites for hydroxylation is 1. The van der Waals surface area contributed by atoms with Gasteiger partial charge in [0.25, 0.3) is 0 Å². The smallest absolute Gasteiger partial charge is 0.303 e. The fourth-order valence-electron chi connectivity index (χ4n) is 4.43. The van der Waals surface area contributed by atoms with Crippen molar-refractivity contribution in [3.05, 3.63) is 27.5 Å². The molecule has 1 aromatic heterocycles. The van der Waals surface area contributed by atoms with Crippen LogP contribution in [0.2, 0.25) is 0 Å². The molecule has 1 aliphatic carbocycles. The van der Waals surface area contributed by atoms with Gasteiger partial charge in [0.1, 0.15) is 23.4 Å². The molecule has 188 valence electrons. The Bertz CT molecular complexity index is 1140. The molecule has 1 fully saturated rings. The van der Waals surface area contributed by atoms with Gasteiger partial charge in [-0.2, -0.15) is 5.26 Å². The van der Waals surface area contributed by atoms with Crippen LogP contribution in [0.4, 0.5) is 0 Å². The molecule has 0 aromatic carbocycles. The molecule has 35 heavy (non-hydrogen) atoms. The molecule has 0 spiro atoms. The zero-order valence-corrected chi connectivity index (χ0v) is 20.6. The average Bonchev–Trinajstić information content (AvgIpc) is 3.22. The summed E-state index contributed by atoms with van der Waals surface area (Å²) in [6.07, 6.45) is -3.99. The lowest BCUT2D eigenvalue weighted by molar-refractivity contribution is -0.269. The summed E-state index contributed by atoms with van der Waals surface area (Å²) in [5.41, 5.74) is 1.91. The molecule has 3 rings (SSSR count). The average molecular weight is 507 g/mol. The van der Waals surface area contributed by atoms with Crippen molar-refractivity contribution in [2.24, 2.45) is 0 Å². The van der Waals surface area contributed by atoms with E-state index in [0.29, 0.717) is 12.8 Å². The van der Waals surface area contributed by atoms with Crippen LogP contribution in [0.5, 0.6) is 0 Å². The molecular formula is C23H26N2O9S. The van der Waals surface area contributed by atoms with E-state index in [1.165, 1.54) is 13.8 Å². The quantitative estimate of drug-likeness (QED) is 0.317. The normalized spacial score (nSPS) is 25.1. The molecule has 1 aromatic rings. The van der Waals surface area contributed by atoms with Crippen molar-refractivity contribution in [2.75, 3.05) is 6.61 Å². The molecule has 0 saturated carbocycles. The Morgan fingerprint density at radius 3 is 2.17 bits per heavy atom. The van der Waals surface area contributed by atoms with Crippen LogP contribution in [-0.2, 0) is 55.7 Å². The van der Waals surface area contributed by atoms with Crippen molar-refractivity contribution in [1.29, 1.82) is 5.26 Å². The maximum absolute atomic E-state index is 12.1. The van der Waals surface area contributed by atoms with E-state index >= 15 is 0 Å². The predicted molar refractivity (Wildman–Crippen MR) is 119 cm³/mol. The van der Waals surface area contributed by atoms with Crippen molar-refractivity contribution in [3.63, 3.8) is 0 Å². The van der Waals surface area contributed by atoms with Crippen LogP contribution in [0.15, 0.2) is 6.07 Å². The van der Waals surface area contributed by atoms with E-state index in [4.69, 9.17) is 35.9 Å². The SMILES string of the molecule is CC(=O)OC[C@H]1O[C@@H](n2c3c(cc(C#N)c2=S)CCC3)[C@@H](OC(C)=O)[C@@H](OC(C)=O)[C@H]1OC(C)=O. The third-order valence-electron chi connectivity index (χ3n) is 5.63. The molecule has 0 unspecified atom stereocenters. The lowest BCUT2D eigenvalue weighted by atomic mass is 9.96. The number of esters is 4. The predicted octanol–water partition coefficient (Wildman–Crippen LogP) is 1.83. The number of hydrogen-bond donors (Lipinski definition) is 0. The van der Waals surface area contributed by atoms with Crippen LogP contribution < -0.4 is 0 Å². The summed E-state index contributed by atoms with van der Waals surface area (Å²) in [7, 11) is 0. The third-order valence-corrected chi connectivity index (χ3v) is 6.05. The highest BCUT2D eigenvalue weighted by Crippen LogP contribution is 2.38. The number of carbonyl (C=O) groups excluding carboxylic acids is 4. The number of pyridine rings is 1. The molecule has 5 atom stereocenters. The second-order valence-corrected chi connectivity index (χ2v) is 8.65. The zero-order valence-electron chi connectivity index (χ0n) is 19.8. The highest BCUT2D eigenvalue weighted by molar-refractivity contribution is 7.71. The van der Waals surface area contributed by atoms with Crippen molar-refractivity contribution < 1.29 is 42.9 Å². The lowest BCUT2D eigenvalue weighted by Gasteiger charge is -2.45. The first-order valence-corrected chi connectivity index (χ1v) is 11.4. The van der Waals surface area contributed by atoms with Gasteiger partial charge in [-0.3, -0.25) is 19.2 Å². The molecule has 2 aliphatic rings. The maximum Gasteiger partial charge on any atom is 0.303 e. The standard InChI is InChI=1S/C23H26N2O9S/c1-11(26)30-10-18-19(31-12(2)27)20(32-13(3)28)21(33-14(4)29)22(34-18)25-17-7-5-6-15(17)8-16(9-24)23(25)35/h8,18-22H,5-7,10H2,1-4H3/t18-,19+,20+,21+,22-/m1/s1. The number of carbonyl (C=O) groups is 4. The third kappa shape index (κ3) is 5.86. The summed E-state index contributed by atoms with van der Waals surface area (Å²) in [4.78, 5) is 47.6. The zero-order chi connectivity index (χ0) is 25.9. The molecule has 0 bridgehead atoms. The van der Waals surface area contributed by atoms with Gasteiger partial charge in [0.15, 0.2) is 24.5 Å². The summed E-state index contributed by atoms with van der Waals surface area (Å²) in [6.45, 7) is 4.33. The largest absolute Gasteiger partial charge is 0.463 e. The molecule has 0 radical (unpaired) electrons. The second-order valence-electron chi connectivity index (χ2n) is 8.26. The fourth-order valence-corrected chi connectivity index (χ4v) is 4.75. The van der Waals surface area contributed by atoms with Crippen molar-refractivity contribution in [1.82, 2.24) is 4.57 Å². The van der Waals surface area contributed by atoms with Crippen LogP contribution in [0, 0.1) is 16.0 Å². The first-order chi connectivity index (χ1) is 16.5. The van der Waals surface area contributed by atoms with Crippen LogP contribution in [0.3, 0.4) is 0 Å². The topological polar surface area (TPSA) is 143 Å². The van der Waals surface area contributed by atoms with Crippen LogP contribution in [-0.4, -0.2) is 59.5 Å². The van der Waals surface area contributed by atoms with Gasteiger partial charge in [-0.25, -0.2) is 0 Å². The Kier molecular flexibility index (Phi) is 8.24. The first-order valence-electron chi connectivity index (χ1n) is 11.0. The monoisotopic (exact) mass is 506 g/mol. The van der Waals surface area contributed by atoms with Gasteiger partial charge in [-0.05, 0) is 30.9 Å². The first kappa shape index (κ1) is 26.3. The van der Waals surface area contributed by atoms with Crippen molar-refractivity contribution in [3.8, 4) is 6.07 Å². The van der Waals surface area contributed by atoms with E-state index in [2.05, 4.69) is 6.07 Å². The number of nitriles is 1. The van der Waals surface area contributed by atoms with Gasteiger partial charge < -0.3 is 28.3 Å². The van der Waals surface area contributed by atoms with Crippen molar-refractivity contribution >= 4 is 36.1 Å². The minimum atomic E-state index is -1.32. The molecule has 12 heteroatoms. The number of hydrogen-bond acceptors (Lipinski definition) is 11. The highest BCUT2D eigenvalue weighted by atomic mass is 32.1. The molecule has 1 aliphatic heterocycles. The fraction of sp³-hybridized carbons (Fsp3) is 0.565. The van der Waals surface area contributed by atoms with Crippen LogP contribution in [0.1, 0.15) is 57.2 Å². The Morgan fingerprint density at radius 1 is 1.00 bits per heavy atom. The molecule has 0 N–H and O–H groups in total. The number of nitrogens with zero attached hydrogens (tertiary/aromatic N) is 2. The number of fused-ring (bicyclic) bond motifs is 1. The molecular weight excluding hydrogens is 480 g/mol. The lowest BCUT2D eigenvalue weighted by Crippen LogP contribution is -2.60. The van der Waals surface area contributed by atoms with E-state index in [1.807, 2.05) is 0 Å². The Morgan fingerprint density at radius 2 is 1.60 bits per heavy atom. The Labute approximate surface area is 206 Å². The second kappa shape index (κ2) is 11.0. The van der Waals surface area contributed by atoms with Gasteiger partial charge >= 0.3 is 23.9 Å². The Hall–Kier alpha value is -3.30. The van der Waals surface area contributed by atoms with Gasteiger partial charge in [-0.1, -0.05) is 12.2 Å². The van der Waals surface area contributed by atoms with E-state index in [0.717, 1.165) is 31.5 Å². The van der Waals surface area contributed by atoms with Crippen LogP contribution >= 0.6 is 12.2 Å². The van der Waals surface area contributed by atoms with Gasteiger partial charge in [0.2, 0.25) is 0 Å². The summed E-state index contributed by atoms with van der Waals surface area (Å²) in [5, 5.41) is 9.65. The number of rotatable bonds is 6. The highest BCUT2D eigenvalue weighted by Gasteiger charge is 2.53. The van der Waals surface area contributed by atoms with Crippen molar-refractivity contribution in [2.45, 2.75) is 77.6 Å². The molecule has 1 saturated heterocycles. The van der Waals surface area contributed by atoms with E-state index in [1.54, 1.807) is 10.6 Å². The number of aromatic nitrogens is 1. The molecule has 11 nitrogen and oxygen atoms in total. The maximum atomic E-state index is 12.1. The summed E-state index contributed by atoms with van der Waals surface area (Å²) < 4.78 is 29.5. The van der Waals surface area contributed by atoms with E-state index < -0.39 is 54.5 Å². The van der Waals surface area contributed by atoms with Gasteiger partial charge in [0, 0.05) is 33.4 Å². The summed E-state index contributed by atoms with van der Waals surface area (Å²) in [6, 6.07) is 3.81. The summed E-state index contributed by atoms with van der Waals surface area (Å²) in [5.74, 6) is -2.76. The van der Waals surface area contributed by atoms with E-state index in [9.17, 15) is 24.4 Å².